The minimum Gasteiger partial charge on any atom is -0.377 e. The Kier molecular flexibility index (Phi) is 4.78. The summed E-state index contributed by atoms with van der Waals surface area (Å²) in [7, 11) is 4.01. The molecular formula is C19H27N3O2. The molecule has 24 heavy (non-hydrogen) atoms. The van der Waals surface area contributed by atoms with Crippen LogP contribution in [-0.4, -0.2) is 36.9 Å². The highest BCUT2D eigenvalue weighted by Gasteiger charge is 2.32. The van der Waals surface area contributed by atoms with E-state index in [1.165, 1.54) is 0 Å². The van der Waals surface area contributed by atoms with E-state index in [-0.39, 0.29) is 17.7 Å². The third-order valence-electron chi connectivity index (χ3n) is 4.73. The van der Waals surface area contributed by atoms with Crippen molar-refractivity contribution in [1.29, 1.82) is 0 Å². The van der Waals surface area contributed by atoms with Gasteiger partial charge in [-0.1, -0.05) is 6.92 Å². The van der Waals surface area contributed by atoms with Crippen LogP contribution in [0.1, 0.15) is 44.6 Å². The lowest BCUT2D eigenvalue weighted by Crippen LogP contribution is -2.32. The Labute approximate surface area is 144 Å². The molecule has 1 aromatic carbocycles. The van der Waals surface area contributed by atoms with E-state index in [1.807, 2.05) is 44.1 Å². The van der Waals surface area contributed by atoms with Crippen molar-refractivity contribution in [3.8, 4) is 0 Å². The van der Waals surface area contributed by atoms with Crippen LogP contribution in [0, 0.1) is 5.92 Å². The first kappa shape index (κ1) is 16.8. The molecule has 0 saturated heterocycles. The van der Waals surface area contributed by atoms with Gasteiger partial charge in [-0.3, -0.25) is 9.59 Å². The molecule has 2 aliphatic rings. The van der Waals surface area contributed by atoms with Crippen LogP contribution in [0.3, 0.4) is 0 Å². The van der Waals surface area contributed by atoms with Crippen LogP contribution >= 0.6 is 0 Å². The minimum atomic E-state index is 0.113. The Hall–Kier alpha value is -2.04. The smallest absolute Gasteiger partial charge is 0.227 e. The monoisotopic (exact) mass is 329 g/mol. The summed E-state index contributed by atoms with van der Waals surface area (Å²) in [5, 5.41) is 3.01. The Morgan fingerprint density at radius 2 is 1.88 bits per heavy atom. The van der Waals surface area contributed by atoms with Gasteiger partial charge in [0.25, 0.3) is 0 Å². The van der Waals surface area contributed by atoms with Gasteiger partial charge in [-0.2, -0.15) is 0 Å². The summed E-state index contributed by atoms with van der Waals surface area (Å²) in [6.07, 6.45) is 4.72. The van der Waals surface area contributed by atoms with Crippen molar-refractivity contribution in [2.75, 3.05) is 24.3 Å². The molecule has 0 spiro atoms. The van der Waals surface area contributed by atoms with Crippen LogP contribution in [0.25, 0.3) is 0 Å². The third kappa shape index (κ3) is 3.89. The molecule has 5 heteroatoms. The van der Waals surface area contributed by atoms with Crippen LogP contribution < -0.4 is 10.2 Å². The molecule has 2 saturated carbocycles. The minimum absolute atomic E-state index is 0.113. The number of carbonyl (C=O) groups is 2. The normalized spacial score (nSPS) is 16.6. The van der Waals surface area contributed by atoms with E-state index < -0.39 is 0 Å². The van der Waals surface area contributed by atoms with E-state index >= 15 is 0 Å². The number of nitrogens with zero attached hydrogens (tertiary/aromatic N) is 2. The number of anilines is 2. The Morgan fingerprint density at radius 1 is 1.17 bits per heavy atom. The van der Waals surface area contributed by atoms with Crippen molar-refractivity contribution in [3.05, 3.63) is 23.8 Å². The molecule has 0 aliphatic heterocycles. The maximum Gasteiger partial charge on any atom is 0.227 e. The molecule has 0 radical (unpaired) electrons. The van der Waals surface area contributed by atoms with Crippen molar-refractivity contribution in [1.82, 2.24) is 4.90 Å². The SMILES string of the molecule is CCC(=O)N(Cc1cc(NC(=O)C2CC2)ccc1N(C)C)C1CC1. The van der Waals surface area contributed by atoms with Crippen molar-refractivity contribution in [2.45, 2.75) is 51.6 Å². The zero-order chi connectivity index (χ0) is 17.3. The topological polar surface area (TPSA) is 52.7 Å². The quantitative estimate of drug-likeness (QED) is 0.836. The molecule has 0 unspecified atom stereocenters. The maximum atomic E-state index is 12.3. The molecule has 1 aromatic rings. The summed E-state index contributed by atoms with van der Waals surface area (Å²) in [6.45, 7) is 2.52. The van der Waals surface area contributed by atoms with Gasteiger partial charge in [0, 0.05) is 50.4 Å². The Bertz CT molecular complexity index is 633. The lowest BCUT2D eigenvalue weighted by Gasteiger charge is -2.26. The average molecular weight is 329 g/mol. The standard InChI is InChI=1S/C19H27N3O2/c1-4-18(23)22(16-8-9-16)12-14-11-15(7-10-17(14)21(2)3)20-19(24)13-5-6-13/h7,10-11,13,16H,4-6,8-9,12H2,1-3H3,(H,20,24). The predicted octanol–water partition coefficient (Wildman–Crippen LogP) is 3.00. The lowest BCUT2D eigenvalue weighted by atomic mass is 10.1. The van der Waals surface area contributed by atoms with Crippen LogP contribution in [0.4, 0.5) is 11.4 Å². The number of carbonyl (C=O) groups excluding carboxylic acids is 2. The first-order valence-corrected chi connectivity index (χ1v) is 8.90. The molecule has 2 aliphatic carbocycles. The molecule has 1 N–H and O–H groups in total. The number of amides is 2. The summed E-state index contributed by atoms with van der Waals surface area (Å²) in [4.78, 5) is 28.3. The molecular weight excluding hydrogens is 302 g/mol. The second-order valence-corrected chi connectivity index (χ2v) is 7.11. The summed E-state index contributed by atoms with van der Waals surface area (Å²) >= 11 is 0. The van der Waals surface area contributed by atoms with Gasteiger partial charge in [-0.25, -0.2) is 0 Å². The van der Waals surface area contributed by atoms with Crippen molar-refractivity contribution < 1.29 is 9.59 Å². The molecule has 130 valence electrons. The van der Waals surface area contributed by atoms with E-state index in [2.05, 4.69) is 10.2 Å². The number of benzene rings is 1. The molecule has 0 heterocycles. The second kappa shape index (κ2) is 6.83. The molecule has 2 fully saturated rings. The van der Waals surface area contributed by atoms with E-state index in [1.54, 1.807) is 0 Å². The maximum absolute atomic E-state index is 12.3. The third-order valence-corrected chi connectivity index (χ3v) is 4.73. The van der Waals surface area contributed by atoms with Gasteiger partial charge in [0.2, 0.25) is 11.8 Å². The average Bonchev–Trinajstić information content (AvgIpc) is 3.43. The highest BCUT2D eigenvalue weighted by atomic mass is 16.2. The van der Waals surface area contributed by atoms with Crippen LogP contribution in [-0.2, 0) is 16.1 Å². The highest BCUT2D eigenvalue weighted by Crippen LogP contribution is 2.33. The second-order valence-electron chi connectivity index (χ2n) is 7.11. The molecule has 0 aromatic heterocycles. The summed E-state index contributed by atoms with van der Waals surface area (Å²) < 4.78 is 0. The number of hydrogen-bond donors (Lipinski definition) is 1. The van der Waals surface area contributed by atoms with E-state index in [9.17, 15) is 9.59 Å². The number of nitrogens with one attached hydrogen (secondary N) is 1. The molecule has 0 atom stereocenters. The van der Waals surface area contributed by atoms with Gasteiger partial charge >= 0.3 is 0 Å². The highest BCUT2D eigenvalue weighted by molar-refractivity contribution is 5.94. The van der Waals surface area contributed by atoms with Crippen LogP contribution in [0.2, 0.25) is 0 Å². The molecule has 0 bridgehead atoms. The number of hydrogen-bond acceptors (Lipinski definition) is 3. The molecule has 2 amide bonds. The fourth-order valence-corrected chi connectivity index (χ4v) is 3.01. The fraction of sp³-hybridized carbons (Fsp3) is 0.579. The van der Waals surface area contributed by atoms with Crippen molar-refractivity contribution in [2.24, 2.45) is 5.92 Å². The fourth-order valence-electron chi connectivity index (χ4n) is 3.01. The van der Waals surface area contributed by atoms with E-state index in [4.69, 9.17) is 0 Å². The lowest BCUT2D eigenvalue weighted by molar-refractivity contribution is -0.132. The Morgan fingerprint density at radius 3 is 2.42 bits per heavy atom. The first-order valence-electron chi connectivity index (χ1n) is 8.90. The van der Waals surface area contributed by atoms with Gasteiger partial charge < -0.3 is 15.1 Å². The molecule has 3 rings (SSSR count). The summed E-state index contributed by atoms with van der Waals surface area (Å²) in [5.41, 5.74) is 3.00. The van der Waals surface area contributed by atoms with Crippen LogP contribution in [0.15, 0.2) is 18.2 Å². The van der Waals surface area contributed by atoms with Crippen molar-refractivity contribution in [3.63, 3.8) is 0 Å². The largest absolute Gasteiger partial charge is 0.377 e. The van der Waals surface area contributed by atoms with E-state index in [0.29, 0.717) is 19.0 Å². The van der Waals surface area contributed by atoms with Gasteiger partial charge in [-0.05, 0) is 49.4 Å². The Balaban J connectivity index is 1.82. The van der Waals surface area contributed by atoms with Crippen molar-refractivity contribution >= 4 is 23.2 Å². The predicted molar refractivity (Wildman–Crippen MR) is 96.0 cm³/mol. The zero-order valence-corrected chi connectivity index (χ0v) is 14.8. The summed E-state index contributed by atoms with van der Waals surface area (Å²) in [6, 6.07) is 6.38. The number of rotatable bonds is 7. The first-order chi connectivity index (χ1) is 11.5. The van der Waals surface area contributed by atoms with Gasteiger partial charge in [-0.15, -0.1) is 0 Å². The van der Waals surface area contributed by atoms with Gasteiger partial charge in [0.15, 0.2) is 0 Å². The zero-order valence-electron chi connectivity index (χ0n) is 14.8. The van der Waals surface area contributed by atoms with Crippen LogP contribution in [0.5, 0.6) is 0 Å². The van der Waals surface area contributed by atoms with E-state index in [0.717, 1.165) is 42.6 Å². The van der Waals surface area contributed by atoms with Gasteiger partial charge in [0.05, 0.1) is 0 Å². The van der Waals surface area contributed by atoms with Gasteiger partial charge in [0.1, 0.15) is 0 Å². The molecule has 5 nitrogen and oxygen atoms in total. The summed E-state index contributed by atoms with van der Waals surface area (Å²) in [5.74, 6) is 0.503.